The standard InChI is InChI=1S/C32H49NO3/c1-6-7-8-9-10-11-12-13-14-18-21-36-31-23-30(34)29(32(35)27-19-16-15-17-20-27)22-28(31)24-33(25(2)3)26(4)5/h15-17,19-20,22-23,25-26,34H,6-14,18,21,24H2,1-5H3. The highest BCUT2D eigenvalue weighted by Gasteiger charge is 2.21. The summed E-state index contributed by atoms with van der Waals surface area (Å²) >= 11 is 0. The molecule has 0 aliphatic heterocycles. The van der Waals surface area contributed by atoms with Gasteiger partial charge in [-0.15, -0.1) is 0 Å². The molecule has 36 heavy (non-hydrogen) atoms. The molecule has 1 N–H and O–H groups in total. The molecule has 0 aliphatic rings. The third kappa shape index (κ3) is 9.97. The first-order valence-electron chi connectivity index (χ1n) is 14.2. The molecule has 2 rings (SSSR count). The minimum absolute atomic E-state index is 0.0219. The highest BCUT2D eigenvalue weighted by Crippen LogP contribution is 2.32. The van der Waals surface area contributed by atoms with Crippen LogP contribution in [-0.2, 0) is 6.54 Å². The van der Waals surface area contributed by atoms with Crippen LogP contribution in [0.1, 0.15) is 120 Å². The Balaban J connectivity index is 2.03. The Morgan fingerprint density at radius 2 is 1.39 bits per heavy atom. The van der Waals surface area contributed by atoms with Crippen LogP contribution in [0.5, 0.6) is 11.5 Å². The predicted octanol–water partition coefficient (Wildman–Crippen LogP) is 8.54. The molecule has 0 aromatic heterocycles. The number of ether oxygens (including phenoxy) is 1. The van der Waals surface area contributed by atoms with E-state index >= 15 is 0 Å². The van der Waals surface area contributed by atoms with Crippen molar-refractivity contribution in [3.05, 3.63) is 59.2 Å². The summed E-state index contributed by atoms with van der Waals surface area (Å²) in [7, 11) is 0. The molecule has 0 atom stereocenters. The summed E-state index contributed by atoms with van der Waals surface area (Å²) < 4.78 is 6.19. The number of nitrogens with zero attached hydrogens (tertiary/aromatic N) is 1. The molecule has 4 nitrogen and oxygen atoms in total. The average Bonchev–Trinajstić information content (AvgIpc) is 2.86. The van der Waals surface area contributed by atoms with Crippen LogP contribution in [0.15, 0.2) is 42.5 Å². The fraction of sp³-hybridized carbons (Fsp3) is 0.594. The average molecular weight is 496 g/mol. The fourth-order valence-corrected chi connectivity index (χ4v) is 4.73. The van der Waals surface area contributed by atoms with Crippen molar-refractivity contribution in [3.63, 3.8) is 0 Å². The molecule has 2 aromatic carbocycles. The first-order chi connectivity index (χ1) is 17.3. The van der Waals surface area contributed by atoms with E-state index in [0.717, 1.165) is 18.4 Å². The van der Waals surface area contributed by atoms with Crippen molar-refractivity contribution >= 4 is 5.78 Å². The minimum atomic E-state index is -0.170. The Kier molecular flexibility index (Phi) is 13.6. The van der Waals surface area contributed by atoms with Crippen molar-refractivity contribution in [1.29, 1.82) is 0 Å². The second-order valence-corrected chi connectivity index (χ2v) is 10.6. The number of ketones is 1. The third-order valence-corrected chi connectivity index (χ3v) is 6.89. The Morgan fingerprint density at radius 1 is 0.833 bits per heavy atom. The topological polar surface area (TPSA) is 49.8 Å². The van der Waals surface area contributed by atoms with E-state index in [9.17, 15) is 9.90 Å². The van der Waals surface area contributed by atoms with Crippen LogP contribution in [0.25, 0.3) is 0 Å². The molecule has 0 heterocycles. The van der Waals surface area contributed by atoms with Crippen molar-refractivity contribution < 1.29 is 14.6 Å². The monoisotopic (exact) mass is 495 g/mol. The maximum atomic E-state index is 13.1. The first-order valence-corrected chi connectivity index (χ1v) is 14.2. The normalized spacial score (nSPS) is 11.6. The molecular weight excluding hydrogens is 446 g/mol. The molecule has 2 aromatic rings. The maximum Gasteiger partial charge on any atom is 0.196 e. The van der Waals surface area contributed by atoms with Gasteiger partial charge in [-0.25, -0.2) is 0 Å². The Labute approximate surface area is 220 Å². The van der Waals surface area contributed by atoms with Gasteiger partial charge < -0.3 is 9.84 Å². The van der Waals surface area contributed by atoms with E-state index in [-0.39, 0.29) is 11.5 Å². The van der Waals surface area contributed by atoms with Crippen LogP contribution in [-0.4, -0.2) is 34.5 Å². The summed E-state index contributed by atoms with van der Waals surface area (Å²) in [5.74, 6) is 0.488. The Morgan fingerprint density at radius 3 is 1.94 bits per heavy atom. The third-order valence-electron chi connectivity index (χ3n) is 6.89. The molecule has 0 radical (unpaired) electrons. The summed E-state index contributed by atoms with van der Waals surface area (Å²) in [6.45, 7) is 12.3. The lowest BCUT2D eigenvalue weighted by atomic mass is 9.99. The zero-order valence-electron chi connectivity index (χ0n) is 23.4. The highest BCUT2D eigenvalue weighted by atomic mass is 16.5. The van der Waals surface area contributed by atoms with Gasteiger partial charge >= 0.3 is 0 Å². The maximum absolute atomic E-state index is 13.1. The molecule has 0 spiro atoms. The summed E-state index contributed by atoms with van der Waals surface area (Å²) in [6.07, 6.45) is 12.8. The van der Waals surface area contributed by atoms with Crippen LogP contribution < -0.4 is 4.74 Å². The van der Waals surface area contributed by atoms with Gasteiger partial charge in [0.25, 0.3) is 0 Å². The zero-order valence-corrected chi connectivity index (χ0v) is 23.4. The van der Waals surface area contributed by atoms with E-state index in [1.165, 1.54) is 51.4 Å². The molecule has 0 unspecified atom stereocenters. The van der Waals surface area contributed by atoms with Gasteiger partial charge in [0.1, 0.15) is 11.5 Å². The summed E-state index contributed by atoms with van der Waals surface area (Å²) in [6, 6.07) is 13.3. The van der Waals surface area contributed by atoms with Crippen LogP contribution in [0.4, 0.5) is 0 Å². The number of carbonyl (C=O) groups is 1. The van der Waals surface area contributed by atoms with E-state index in [1.807, 2.05) is 24.3 Å². The quantitative estimate of drug-likeness (QED) is 0.166. The number of unbranched alkanes of at least 4 members (excludes halogenated alkanes) is 9. The number of carbonyl (C=O) groups excluding carboxylic acids is 1. The summed E-state index contributed by atoms with van der Waals surface area (Å²) in [5.41, 5.74) is 1.85. The van der Waals surface area contributed by atoms with Gasteiger partial charge in [0.15, 0.2) is 5.78 Å². The van der Waals surface area contributed by atoms with Crippen LogP contribution in [0.2, 0.25) is 0 Å². The molecule has 0 bridgehead atoms. The minimum Gasteiger partial charge on any atom is -0.507 e. The van der Waals surface area contributed by atoms with Crippen LogP contribution in [0, 0.1) is 0 Å². The largest absolute Gasteiger partial charge is 0.507 e. The van der Waals surface area contributed by atoms with Crippen molar-refractivity contribution in [3.8, 4) is 11.5 Å². The second-order valence-electron chi connectivity index (χ2n) is 10.6. The van der Waals surface area contributed by atoms with Crippen molar-refractivity contribution in [2.24, 2.45) is 0 Å². The van der Waals surface area contributed by atoms with E-state index in [2.05, 4.69) is 39.5 Å². The Hall–Kier alpha value is -2.33. The van der Waals surface area contributed by atoms with E-state index in [0.29, 0.717) is 42.1 Å². The highest BCUT2D eigenvalue weighted by molar-refractivity contribution is 6.10. The number of hydrogen-bond acceptors (Lipinski definition) is 4. The van der Waals surface area contributed by atoms with Gasteiger partial charge in [-0.05, 0) is 40.2 Å². The van der Waals surface area contributed by atoms with E-state index in [1.54, 1.807) is 18.2 Å². The van der Waals surface area contributed by atoms with Gasteiger partial charge in [-0.2, -0.15) is 0 Å². The van der Waals surface area contributed by atoms with E-state index in [4.69, 9.17) is 4.74 Å². The molecule has 0 aliphatic carbocycles. The molecular formula is C32H49NO3. The summed E-state index contributed by atoms with van der Waals surface area (Å²) in [4.78, 5) is 15.5. The molecule has 0 amide bonds. The number of hydrogen-bond donors (Lipinski definition) is 1. The number of rotatable bonds is 18. The van der Waals surface area contributed by atoms with Crippen molar-refractivity contribution in [2.75, 3.05) is 6.61 Å². The number of aromatic hydroxyl groups is 1. The summed E-state index contributed by atoms with van der Waals surface area (Å²) in [5, 5.41) is 10.8. The Bertz CT molecular complexity index is 884. The first kappa shape index (κ1) is 29.9. The predicted molar refractivity (Wildman–Crippen MR) is 151 cm³/mol. The zero-order chi connectivity index (χ0) is 26.3. The number of phenolic OH excluding ortho intramolecular Hbond substituents is 1. The lowest BCUT2D eigenvalue weighted by Crippen LogP contribution is -2.36. The van der Waals surface area contributed by atoms with Crippen LogP contribution in [0.3, 0.4) is 0 Å². The molecule has 0 saturated heterocycles. The van der Waals surface area contributed by atoms with Crippen LogP contribution >= 0.6 is 0 Å². The SMILES string of the molecule is CCCCCCCCCCCCOc1cc(O)c(C(=O)c2ccccc2)cc1CN(C(C)C)C(C)C. The molecule has 200 valence electrons. The lowest BCUT2D eigenvalue weighted by molar-refractivity contribution is 0.103. The number of phenols is 1. The van der Waals surface area contributed by atoms with Gasteiger partial charge in [0.05, 0.1) is 12.2 Å². The smallest absolute Gasteiger partial charge is 0.196 e. The van der Waals surface area contributed by atoms with Crippen molar-refractivity contribution in [1.82, 2.24) is 4.90 Å². The van der Waals surface area contributed by atoms with Gasteiger partial charge in [0, 0.05) is 35.8 Å². The van der Waals surface area contributed by atoms with Gasteiger partial charge in [-0.3, -0.25) is 9.69 Å². The van der Waals surface area contributed by atoms with Gasteiger partial charge in [0.2, 0.25) is 0 Å². The molecule has 0 fully saturated rings. The van der Waals surface area contributed by atoms with Crippen molar-refractivity contribution in [2.45, 2.75) is 117 Å². The number of benzene rings is 2. The van der Waals surface area contributed by atoms with Gasteiger partial charge in [-0.1, -0.05) is 95.0 Å². The second kappa shape index (κ2) is 16.4. The fourth-order valence-electron chi connectivity index (χ4n) is 4.73. The van der Waals surface area contributed by atoms with E-state index < -0.39 is 0 Å². The lowest BCUT2D eigenvalue weighted by Gasteiger charge is -2.31. The molecule has 0 saturated carbocycles. The molecule has 4 heteroatoms.